The summed E-state index contributed by atoms with van der Waals surface area (Å²) in [5, 5.41) is 0. The van der Waals surface area contributed by atoms with Crippen LogP contribution >= 0.6 is 0 Å². The van der Waals surface area contributed by atoms with Crippen LogP contribution < -0.4 is 0 Å². The van der Waals surface area contributed by atoms with E-state index in [1.165, 1.54) is 12.8 Å². The first-order chi connectivity index (χ1) is 3.80. The maximum Gasteiger partial charge on any atom is -0.0207 e. The van der Waals surface area contributed by atoms with Crippen LogP contribution in [0.4, 0.5) is 0 Å². The number of allylic oxidation sites excluding steroid dienone is 2. The van der Waals surface area contributed by atoms with Gasteiger partial charge in [-0.05, 0) is 31.6 Å². The Morgan fingerprint density at radius 1 is 1.62 bits per heavy atom. The SMILES string of the molecule is [CH2]C1C=CCCC1C. The summed E-state index contributed by atoms with van der Waals surface area (Å²) in [6.07, 6.45) is 7.03. The number of hydrogen-bond donors (Lipinski definition) is 0. The van der Waals surface area contributed by atoms with Crippen LogP contribution in [0, 0.1) is 18.8 Å². The molecular weight excluding hydrogens is 96.1 g/mol. The molecule has 0 spiro atoms. The molecule has 45 valence electrons. The Balaban J connectivity index is 2.47. The molecule has 0 fully saturated rings. The molecule has 1 aliphatic carbocycles. The summed E-state index contributed by atoms with van der Waals surface area (Å²) in [4.78, 5) is 0. The van der Waals surface area contributed by atoms with E-state index < -0.39 is 0 Å². The Kier molecular flexibility index (Phi) is 1.72. The van der Waals surface area contributed by atoms with Gasteiger partial charge < -0.3 is 0 Å². The molecule has 8 heavy (non-hydrogen) atoms. The molecular formula is C8H13. The van der Waals surface area contributed by atoms with Crippen LogP contribution in [0.2, 0.25) is 0 Å². The van der Waals surface area contributed by atoms with E-state index in [0.29, 0.717) is 5.92 Å². The first-order valence-electron chi connectivity index (χ1n) is 3.30. The zero-order valence-corrected chi connectivity index (χ0v) is 5.43. The molecule has 0 aromatic carbocycles. The highest BCUT2D eigenvalue weighted by molar-refractivity contribution is 4.96. The summed E-state index contributed by atoms with van der Waals surface area (Å²) in [7, 11) is 0. The second-order valence-electron chi connectivity index (χ2n) is 2.65. The molecule has 1 aliphatic rings. The Morgan fingerprint density at radius 2 is 2.38 bits per heavy atom. The molecule has 0 heteroatoms. The van der Waals surface area contributed by atoms with Gasteiger partial charge in [0.15, 0.2) is 0 Å². The Labute approximate surface area is 51.6 Å². The molecule has 0 aromatic rings. The van der Waals surface area contributed by atoms with Gasteiger partial charge >= 0.3 is 0 Å². The molecule has 0 saturated carbocycles. The summed E-state index contributed by atoms with van der Waals surface area (Å²) in [5.74, 6) is 1.38. The first kappa shape index (κ1) is 5.87. The van der Waals surface area contributed by atoms with Crippen molar-refractivity contribution in [1.29, 1.82) is 0 Å². The van der Waals surface area contributed by atoms with Gasteiger partial charge in [0.1, 0.15) is 0 Å². The van der Waals surface area contributed by atoms with Gasteiger partial charge in [-0.1, -0.05) is 19.1 Å². The molecule has 1 rings (SSSR count). The van der Waals surface area contributed by atoms with Crippen molar-refractivity contribution >= 4 is 0 Å². The Morgan fingerprint density at radius 3 is 2.75 bits per heavy atom. The van der Waals surface area contributed by atoms with Gasteiger partial charge in [0.05, 0.1) is 0 Å². The van der Waals surface area contributed by atoms with Crippen LogP contribution in [0.25, 0.3) is 0 Å². The van der Waals surface area contributed by atoms with E-state index in [1.807, 2.05) is 0 Å². The minimum absolute atomic E-state index is 0.573. The van der Waals surface area contributed by atoms with Gasteiger partial charge in [-0.25, -0.2) is 0 Å². The van der Waals surface area contributed by atoms with E-state index in [4.69, 9.17) is 0 Å². The van der Waals surface area contributed by atoms with Crippen LogP contribution in [0.3, 0.4) is 0 Å². The van der Waals surface area contributed by atoms with E-state index in [-0.39, 0.29) is 0 Å². The van der Waals surface area contributed by atoms with Crippen molar-refractivity contribution in [1.82, 2.24) is 0 Å². The van der Waals surface area contributed by atoms with Crippen molar-refractivity contribution in [3.8, 4) is 0 Å². The van der Waals surface area contributed by atoms with Gasteiger partial charge in [-0.15, -0.1) is 0 Å². The van der Waals surface area contributed by atoms with Crippen molar-refractivity contribution in [2.45, 2.75) is 19.8 Å². The molecule has 0 heterocycles. The zero-order valence-electron chi connectivity index (χ0n) is 5.43. The van der Waals surface area contributed by atoms with Crippen molar-refractivity contribution in [3.05, 3.63) is 19.1 Å². The Bertz CT molecular complexity index is 92.2. The third-order valence-electron chi connectivity index (χ3n) is 1.90. The fourth-order valence-electron chi connectivity index (χ4n) is 1.03. The second kappa shape index (κ2) is 2.34. The smallest absolute Gasteiger partial charge is 0.0207 e. The van der Waals surface area contributed by atoms with E-state index >= 15 is 0 Å². The highest BCUT2D eigenvalue weighted by atomic mass is 14.2. The molecule has 0 amide bonds. The van der Waals surface area contributed by atoms with Gasteiger partial charge in [-0.3, -0.25) is 0 Å². The van der Waals surface area contributed by atoms with E-state index in [1.54, 1.807) is 0 Å². The third kappa shape index (κ3) is 1.12. The van der Waals surface area contributed by atoms with E-state index in [0.717, 1.165) is 5.92 Å². The van der Waals surface area contributed by atoms with Crippen molar-refractivity contribution < 1.29 is 0 Å². The topological polar surface area (TPSA) is 0 Å². The van der Waals surface area contributed by atoms with Crippen LogP contribution in [-0.4, -0.2) is 0 Å². The maximum absolute atomic E-state index is 3.99. The van der Waals surface area contributed by atoms with E-state index in [2.05, 4.69) is 26.0 Å². The second-order valence-corrected chi connectivity index (χ2v) is 2.65. The monoisotopic (exact) mass is 109 g/mol. The predicted octanol–water partition coefficient (Wildman–Crippen LogP) is 2.42. The lowest BCUT2D eigenvalue weighted by Crippen LogP contribution is -2.08. The quantitative estimate of drug-likeness (QED) is 0.419. The lowest BCUT2D eigenvalue weighted by atomic mass is 9.87. The van der Waals surface area contributed by atoms with Crippen LogP contribution in [-0.2, 0) is 0 Å². The normalized spacial score (nSPS) is 37.8. The number of rotatable bonds is 0. The average Bonchev–Trinajstić information content (AvgIpc) is 1.77. The summed E-state index contributed by atoms with van der Waals surface area (Å²) in [6.45, 7) is 6.26. The summed E-state index contributed by atoms with van der Waals surface area (Å²) >= 11 is 0. The van der Waals surface area contributed by atoms with Gasteiger partial charge in [0.2, 0.25) is 0 Å². The molecule has 0 aromatic heterocycles. The molecule has 0 bridgehead atoms. The summed E-state index contributed by atoms with van der Waals surface area (Å²) in [5.41, 5.74) is 0. The highest BCUT2D eigenvalue weighted by Crippen LogP contribution is 2.22. The average molecular weight is 109 g/mol. The minimum Gasteiger partial charge on any atom is -0.0882 e. The van der Waals surface area contributed by atoms with Gasteiger partial charge in [-0.2, -0.15) is 0 Å². The van der Waals surface area contributed by atoms with Crippen LogP contribution in [0.5, 0.6) is 0 Å². The van der Waals surface area contributed by atoms with Crippen molar-refractivity contribution in [3.63, 3.8) is 0 Å². The lowest BCUT2D eigenvalue weighted by molar-refractivity contribution is 0.444. The predicted molar refractivity (Wildman–Crippen MR) is 36.4 cm³/mol. The van der Waals surface area contributed by atoms with E-state index in [9.17, 15) is 0 Å². The first-order valence-corrected chi connectivity index (χ1v) is 3.30. The molecule has 0 saturated heterocycles. The summed E-state index contributed by atoms with van der Waals surface area (Å²) < 4.78 is 0. The molecule has 2 atom stereocenters. The van der Waals surface area contributed by atoms with Crippen molar-refractivity contribution in [2.75, 3.05) is 0 Å². The molecule has 0 N–H and O–H groups in total. The standard InChI is InChI=1S/C8H13/c1-7-5-3-4-6-8(7)2/h3,5,7-8H,1,4,6H2,2H3. The number of hydrogen-bond acceptors (Lipinski definition) is 0. The minimum atomic E-state index is 0.573. The molecule has 1 radical (unpaired) electrons. The molecule has 2 unspecified atom stereocenters. The van der Waals surface area contributed by atoms with Crippen molar-refractivity contribution in [2.24, 2.45) is 11.8 Å². The zero-order chi connectivity index (χ0) is 5.98. The Hall–Kier alpha value is -0.260. The maximum atomic E-state index is 3.99. The molecule has 0 nitrogen and oxygen atoms in total. The largest absolute Gasteiger partial charge is 0.0882 e. The fourth-order valence-corrected chi connectivity index (χ4v) is 1.03. The van der Waals surface area contributed by atoms with Gasteiger partial charge in [0, 0.05) is 0 Å². The summed E-state index contributed by atoms with van der Waals surface area (Å²) in [6, 6.07) is 0. The lowest BCUT2D eigenvalue weighted by Gasteiger charge is -2.18. The highest BCUT2D eigenvalue weighted by Gasteiger charge is 2.10. The fraction of sp³-hybridized carbons (Fsp3) is 0.625. The third-order valence-corrected chi connectivity index (χ3v) is 1.90. The van der Waals surface area contributed by atoms with Crippen LogP contribution in [0.1, 0.15) is 19.8 Å². The van der Waals surface area contributed by atoms with Crippen LogP contribution in [0.15, 0.2) is 12.2 Å². The van der Waals surface area contributed by atoms with Gasteiger partial charge in [0.25, 0.3) is 0 Å². The molecule has 0 aliphatic heterocycles.